The first-order valence-electron chi connectivity index (χ1n) is 9.46. The van der Waals surface area contributed by atoms with Gasteiger partial charge in [-0.3, -0.25) is 14.9 Å². The third-order valence-corrected chi connectivity index (χ3v) is 5.89. The third-order valence-electron chi connectivity index (χ3n) is 4.91. The number of benzene rings is 2. The van der Waals surface area contributed by atoms with E-state index in [2.05, 4.69) is 10.6 Å². The van der Waals surface area contributed by atoms with Gasteiger partial charge in [0.1, 0.15) is 12.0 Å². The van der Waals surface area contributed by atoms with Crippen LogP contribution in [-0.2, 0) is 21.7 Å². The van der Waals surface area contributed by atoms with Gasteiger partial charge in [0.25, 0.3) is 5.24 Å². The van der Waals surface area contributed by atoms with E-state index in [-0.39, 0.29) is 16.4 Å². The van der Waals surface area contributed by atoms with E-state index in [9.17, 15) is 9.59 Å². The van der Waals surface area contributed by atoms with Crippen LogP contribution in [0.3, 0.4) is 0 Å². The maximum absolute atomic E-state index is 11.7. The Hall–Kier alpha value is -2.93. The van der Waals surface area contributed by atoms with Crippen LogP contribution in [0, 0.1) is 0 Å². The van der Waals surface area contributed by atoms with Gasteiger partial charge in [0.05, 0.1) is 17.6 Å². The van der Waals surface area contributed by atoms with E-state index in [1.54, 1.807) is 6.26 Å². The summed E-state index contributed by atoms with van der Waals surface area (Å²) in [7, 11) is 0. The molecule has 29 heavy (non-hydrogen) atoms. The number of carbonyl (C=O) groups is 2. The smallest absolute Gasteiger partial charge is 0.286 e. The first-order chi connectivity index (χ1) is 14.0. The van der Waals surface area contributed by atoms with E-state index in [4.69, 9.17) is 9.47 Å². The Morgan fingerprint density at radius 1 is 1.10 bits per heavy atom. The molecule has 0 saturated carbocycles. The van der Waals surface area contributed by atoms with Crippen molar-refractivity contribution in [1.29, 1.82) is 0 Å². The van der Waals surface area contributed by atoms with Crippen LogP contribution in [0.5, 0.6) is 5.75 Å². The van der Waals surface area contributed by atoms with Gasteiger partial charge in [0.15, 0.2) is 0 Å². The third kappa shape index (κ3) is 4.56. The Labute approximate surface area is 173 Å². The molecule has 1 saturated heterocycles. The highest BCUT2D eigenvalue weighted by molar-refractivity contribution is 8.15. The van der Waals surface area contributed by atoms with Crippen molar-refractivity contribution in [2.45, 2.75) is 30.7 Å². The molecular formula is C22H22N2O4S. The number of thioether (sulfide) groups is 1. The Bertz CT molecular complexity index is 930. The summed E-state index contributed by atoms with van der Waals surface area (Å²) in [4.78, 5) is 22.9. The highest BCUT2D eigenvalue weighted by atomic mass is 32.2. The maximum atomic E-state index is 11.7. The fourth-order valence-electron chi connectivity index (χ4n) is 3.31. The van der Waals surface area contributed by atoms with E-state index >= 15 is 0 Å². The lowest BCUT2D eigenvalue weighted by atomic mass is 10.1. The molecule has 4 rings (SSSR count). The van der Waals surface area contributed by atoms with Crippen LogP contribution < -0.4 is 15.4 Å². The molecule has 2 aliphatic heterocycles. The Kier molecular flexibility index (Phi) is 5.49. The molecule has 0 bridgehead atoms. The molecule has 1 unspecified atom stereocenters. The van der Waals surface area contributed by atoms with Gasteiger partial charge < -0.3 is 14.8 Å². The lowest BCUT2D eigenvalue weighted by Gasteiger charge is -2.26. The van der Waals surface area contributed by atoms with Crippen LogP contribution in [0.2, 0.25) is 0 Å². The van der Waals surface area contributed by atoms with Gasteiger partial charge in [-0.2, -0.15) is 0 Å². The van der Waals surface area contributed by atoms with Gasteiger partial charge in [-0.15, -0.1) is 0 Å². The molecule has 7 heteroatoms. The molecule has 2 amide bonds. The van der Waals surface area contributed by atoms with Crippen LogP contribution in [-0.4, -0.2) is 23.0 Å². The fraction of sp³-hybridized carbons (Fsp3) is 0.273. The van der Waals surface area contributed by atoms with Gasteiger partial charge in [-0.1, -0.05) is 54.2 Å². The molecule has 2 aromatic carbocycles. The van der Waals surface area contributed by atoms with Crippen LogP contribution in [0.15, 0.2) is 66.6 Å². The van der Waals surface area contributed by atoms with Crippen molar-refractivity contribution in [1.82, 2.24) is 10.6 Å². The molecule has 0 aliphatic carbocycles. The molecule has 0 radical (unpaired) electrons. The number of hydrogen-bond donors (Lipinski definition) is 2. The standard InChI is InChI=1S/C22H22N2O4S/c1-22(16-5-3-2-4-6-16)24-17(14-28-22)11-12-27-18-9-7-15(8-10-18)13-19-20(25)23-21(26)29-19/h2-10,14,19,24H,11-13H2,1H3,(H,23,25,26)/t19?,22-/m0/s1. The molecule has 0 aromatic heterocycles. The summed E-state index contributed by atoms with van der Waals surface area (Å²) in [6.07, 6.45) is 2.98. The Morgan fingerprint density at radius 2 is 1.86 bits per heavy atom. The minimum Gasteiger partial charge on any atom is -0.493 e. The van der Waals surface area contributed by atoms with Crippen LogP contribution in [0.4, 0.5) is 4.79 Å². The summed E-state index contributed by atoms with van der Waals surface area (Å²) >= 11 is 1.04. The SMILES string of the molecule is C[C@]1(c2ccccc2)NC(CCOc2ccc(CC3SC(=O)NC3=O)cc2)=CO1. The molecule has 0 spiro atoms. The van der Waals surface area contributed by atoms with Crippen molar-refractivity contribution in [2.24, 2.45) is 0 Å². The number of hydrogen-bond acceptors (Lipinski definition) is 6. The van der Waals surface area contributed by atoms with Crippen molar-refractivity contribution >= 4 is 22.9 Å². The molecule has 2 aliphatic rings. The van der Waals surface area contributed by atoms with E-state index < -0.39 is 5.72 Å². The molecule has 2 N–H and O–H groups in total. The summed E-state index contributed by atoms with van der Waals surface area (Å²) in [5.74, 6) is 0.543. The summed E-state index contributed by atoms with van der Waals surface area (Å²) in [6.45, 7) is 2.52. The summed E-state index contributed by atoms with van der Waals surface area (Å²) in [5, 5.41) is 5.10. The van der Waals surface area contributed by atoms with Crippen LogP contribution in [0.1, 0.15) is 24.5 Å². The van der Waals surface area contributed by atoms with Gasteiger partial charge >= 0.3 is 0 Å². The minimum atomic E-state index is -0.551. The van der Waals surface area contributed by atoms with Gasteiger partial charge in [-0.05, 0) is 31.0 Å². The van der Waals surface area contributed by atoms with Crippen molar-refractivity contribution in [2.75, 3.05) is 6.61 Å². The molecule has 6 nitrogen and oxygen atoms in total. The zero-order chi connectivity index (χ0) is 20.3. The predicted octanol–water partition coefficient (Wildman–Crippen LogP) is 3.68. The van der Waals surface area contributed by atoms with Crippen LogP contribution >= 0.6 is 11.8 Å². The molecular weight excluding hydrogens is 388 g/mol. The van der Waals surface area contributed by atoms with Gasteiger partial charge in [0, 0.05) is 12.0 Å². The fourth-order valence-corrected chi connectivity index (χ4v) is 4.17. The summed E-state index contributed by atoms with van der Waals surface area (Å²) < 4.78 is 11.7. The number of amides is 2. The first kappa shape index (κ1) is 19.4. The van der Waals surface area contributed by atoms with Crippen molar-refractivity contribution in [3.8, 4) is 5.75 Å². The van der Waals surface area contributed by atoms with Gasteiger partial charge in [0.2, 0.25) is 11.6 Å². The quantitative estimate of drug-likeness (QED) is 0.725. The highest BCUT2D eigenvalue weighted by Crippen LogP contribution is 2.29. The van der Waals surface area contributed by atoms with E-state index in [1.807, 2.05) is 61.5 Å². The topological polar surface area (TPSA) is 76.7 Å². The van der Waals surface area contributed by atoms with Crippen molar-refractivity contribution in [3.05, 3.63) is 77.7 Å². The molecule has 2 heterocycles. The monoisotopic (exact) mass is 410 g/mol. The predicted molar refractivity (Wildman–Crippen MR) is 111 cm³/mol. The van der Waals surface area contributed by atoms with E-state index in [0.29, 0.717) is 19.4 Å². The Balaban J connectivity index is 1.24. The summed E-state index contributed by atoms with van der Waals surface area (Å²) in [6, 6.07) is 17.7. The van der Waals surface area contributed by atoms with Crippen molar-refractivity contribution < 1.29 is 19.1 Å². The zero-order valence-corrected chi connectivity index (χ0v) is 16.8. The molecule has 2 aromatic rings. The minimum absolute atomic E-state index is 0.220. The second-order valence-electron chi connectivity index (χ2n) is 7.11. The lowest BCUT2D eigenvalue weighted by molar-refractivity contribution is -0.118. The number of imide groups is 1. The number of carbonyl (C=O) groups excluding carboxylic acids is 2. The first-order valence-corrected chi connectivity index (χ1v) is 10.3. The average molecular weight is 410 g/mol. The maximum Gasteiger partial charge on any atom is 0.286 e. The molecule has 2 atom stereocenters. The largest absolute Gasteiger partial charge is 0.493 e. The highest BCUT2D eigenvalue weighted by Gasteiger charge is 2.33. The number of nitrogens with one attached hydrogen (secondary N) is 2. The molecule has 150 valence electrons. The second kappa shape index (κ2) is 8.21. The van der Waals surface area contributed by atoms with Gasteiger partial charge in [-0.25, -0.2) is 0 Å². The normalized spacial score (nSPS) is 23.2. The number of rotatable bonds is 7. The lowest BCUT2D eigenvalue weighted by Crippen LogP contribution is -2.35. The van der Waals surface area contributed by atoms with Crippen LogP contribution in [0.25, 0.3) is 0 Å². The molecule has 1 fully saturated rings. The van der Waals surface area contributed by atoms with E-state index in [0.717, 1.165) is 34.3 Å². The number of ether oxygens (including phenoxy) is 2. The van der Waals surface area contributed by atoms with Crippen molar-refractivity contribution in [3.63, 3.8) is 0 Å². The Morgan fingerprint density at radius 3 is 2.55 bits per heavy atom. The second-order valence-corrected chi connectivity index (χ2v) is 8.29. The summed E-state index contributed by atoms with van der Waals surface area (Å²) in [5.41, 5.74) is 2.50. The van der Waals surface area contributed by atoms with E-state index in [1.165, 1.54) is 0 Å². The average Bonchev–Trinajstić information content (AvgIpc) is 3.26. The zero-order valence-electron chi connectivity index (χ0n) is 16.0.